The van der Waals surface area contributed by atoms with Crippen LogP contribution >= 0.6 is 24.4 Å². The smallest absolute Gasteiger partial charge is 0.152 e. The highest BCUT2D eigenvalue weighted by Crippen LogP contribution is 2.40. The van der Waals surface area contributed by atoms with Crippen LogP contribution in [0, 0.1) is 6.92 Å². The number of nitrogens with one attached hydrogen (secondary N) is 1. The number of carbonyl (C=O) groups excluding carboxylic acids is 1. The SMILES string of the molecule is CCn1c(C)c(C=O)c(-c2cccc(N3CCN(c4ccc(NS)cc4)CC3)c2)c1-c1ccc(Cl)cc1.CO. The zero-order valence-electron chi connectivity index (χ0n) is 22.6. The molecule has 1 aliphatic rings. The van der Waals surface area contributed by atoms with E-state index in [2.05, 4.69) is 75.2 Å². The van der Waals surface area contributed by atoms with Gasteiger partial charge in [-0.15, -0.1) is 0 Å². The number of anilines is 3. The van der Waals surface area contributed by atoms with Crippen LogP contribution in [0.3, 0.4) is 0 Å². The summed E-state index contributed by atoms with van der Waals surface area (Å²) in [6, 6.07) is 24.8. The van der Waals surface area contributed by atoms with Gasteiger partial charge in [-0.25, -0.2) is 0 Å². The minimum atomic E-state index is 0.697. The molecule has 1 aromatic heterocycles. The molecular formula is C31H35ClN4O2S. The first-order chi connectivity index (χ1) is 19.0. The molecule has 0 amide bonds. The summed E-state index contributed by atoms with van der Waals surface area (Å²) < 4.78 is 5.10. The highest BCUT2D eigenvalue weighted by atomic mass is 35.5. The fourth-order valence-corrected chi connectivity index (χ4v) is 5.60. The van der Waals surface area contributed by atoms with Crippen LogP contribution < -0.4 is 14.5 Å². The molecule has 0 aliphatic carbocycles. The minimum absolute atomic E-state index is 0.697. The van der Waals surface area contributed by atoms with Crippen molar-refractivity contribution in [3.8, 4) is 22.4 Å². The molecule has 6 nitrogen and oxygen atoms in total. The number of aldehydes is 1. The second-order valence-corrected chi connectivity index (χ2v) is 9.93. The Morgan fingerprint density at radius 2 is 1.51 bits per heavy atom. The van der Waals surface area contributed by atoms with Crippen molar-refractivity contribution >= 4 is 47.8 Å². The fourth-order valence-electron chi connectivity index (χ4n) is 5.32. The molecule has 1 fully saturated rings. The van der Waals surface area contributed by atoms with E-state index in [0.29, 0.717) is 5.02 Å². The Morgan fingerprint density at radius 1 is 0.897 bits per heavy atom. The van der Waals surface area contributed by atoms with Crippen molar-refractivity contribution in [1.82, 2.24) is 4.57 Å². The van der Waals surface area contributed by atoms with Crippen molar-refractivity contribution in [3.63, 3.8) is 0 Å². The van der Waals surface area contributed by atoms with Crippen molar-refractivity contribution in [3.05, 3.63) is 89.1 Å². The van der Waals surface area contributed by atoms with Crippen molar-refractivity contribution in [2.45, 2.75) is 20.4 Å². The molecule has 0 bridgehead atoms. The number of carbonyl (C=O) groups is 1. The van der Waals surface area contributed by atoms with Crippen LogP contribution in [0.1, 0.15) is 23.0 Å². The molecule has 0 unspecified atom stereocenters. The predicted molar refractivity (Wildman–Crippen MR) is 168 cm³/mol. The van der Waals surface area contributed by atoms with Crippen LogP contribution in [-0.2, 0) is 6.54 Å². The molecule has 39 heavy (non-hydrogen) atoms. The van der Waals surface area contributed by atoms with Gasteiger partial charge in [-0.05, 0) is 73.5 Å². The number of aromatic nitrogens is 1. The van der Waals surface area contributed by atoms with E-state index >= 15 is 0 Å². The highest BCUT2D eigenvalue weighted by molar-refractivity contribution is 7.81. The molecule has 2 N–H and O–H groups in total. The minimum Gasteiger partial charge on any atom is -0.400 e. The van der Waals surface area contributed by atoms with Crippen molar-refractivity contribution < 1.29 is 9.90 Å². The number of benzene rings is 3. The third-order valence-corrected chi connectivity index (χ3v) is 7.77. The molecule has 2 heterocycles. The number of hydrogen-bond acceptors (Lipinski definition) is 6. The van der Waals surface area contributed by atoms with Crippen LogP contribution in [0.5, 0.6) is 0 Å². The Labute approximate surface area is 241 Å². The Morgan fingerprint density at radius 3 is 2.08 bits per heavy atom. The lowest BCUT2D eigenvalue weighted by molar-refractivity contribution is 0.112. The average Bonchev–Trinajstić information content (AvgIpc) is 3.29. The molecule has 0 saturated carbocycles. The van der Waals surface area contributed by atoms with E-state index in [1.54, 1.807) is 0 Å². The fraction of sp³-hybridized carbons (Fsp3) is 0.258. The lowest BCUT2D eigenvalue weighted by Crippen LogP contribution is -2.46. The summed E-state index contributed by atoms with van der Waals surface area (Å²) in [6.07, 6.45) is 0.996. The van der Waals surface area contributed by atoms with Gasteiger partial charge >= 0.3 is 0 Å². The number of piperazine rings is 1. The van der Waals surface area contributed by atoms with E-state index in [9.17, 15) is 4.79 Å². The monoisotopic (exact) mass is 562 g/mol. The molecule has 4 aromatic rings. The number of hydrogen-bond donors (Lipinski definition) is 3. The molecule has 1 saturated heterocycles. The largest absolute Gasteiger partial charge is 0.400 e. The summed E-state index contributed by atoms with van der Waals surface area (Å²) in [7, 11) is 1.00. The number of aliphatic hydroxyl groups excluding tert-OH is 1. The normalized spacial score (nSPS) is 13.1. The molecule has 5 rings (SSSR count). The van der Waals surface area contributed by atoms with E-state index in [1.165, 1.54) is 11.4 Å². The molecule has 3 aromatic carbocycles. The van der Waals surface area contributed by atoms with Crippen LogP contribution in [0.25, 0.3) is 22.4 Å². The lowest BCUT2D eigenvalue weighted by Gasteiger charge is -2.37. The van der Waals surface area contributed by atoms with Gasteiger partial charge in [0.2, 0.25) is 0 Å². The number of halogens is 1. The maximum absolute atomic E-state index is 12.3. The Hall–Kier alpha value is -3.39. The number of rotatable bonds is 7. The zero-order valence-corrected chi connectivity index (χ0v) is 24.2. The second-order valence-electron chi connectivity index (χ2n) is 9.27. The molecular weight excluding hydrogens is 528 g/mol. The van der Waals surface area contributed by atoms with Crippen molar-refractivity contribution in [1.29, 1.82) is 0 Å². The van der Waals surface area contributed by atoms with Gasteiger partial charge in [0.1, 0.15) is 0 Å². The first-order valence-corrected chi connectivity index (χ1v) is 13.9. The highest BCUT2D eigenvalue weighted by Gasteiger charge is 2.23. The third kappa shape index (κ3) is 5.96. The summed E-state index contributed by atoms with van der Waals surface area (Å²) in [4.78, 5) is 17.2. The number of thiol groups is 1. The molecule has 0 radical (unpaired) electrons. The molecule has 204 valence electrons. The van der Waals surface area contributed by atoms with Gasteiger partial charge in [-0.2, -0.15) is 0 Å². The van der Waals surface area contributed by atoms with Gasteiger partial charge < -0.3 is 24.2 Å². The summed E-state index contributed by atoms with van der Waals surface area (Å²) in [5, 5.41) is 7.70. The quantitative estimate of drug-likeness (QED) is 0.171. The van der Waals surface area contributed by atoms with Gasteiger partial charge in [0.25, 0.3) is 0 Å². The second kappa shape index (κ2) is 13.1. The molecule has 0 atom stereocenters. The Balaban J connectivity index is 0.00000172. The molecule has 1 aliphatic heterocycles. The van der Waals surface area contributed by atoms with Crippen LogP contribution in [0.15, 0.2) is 72.8 Å². The van der Waals surface area contributed by atoms with Gasteiger partial charge in [-0.1, -0.05) is 48.7 Å². The maximum Gasteiger partial charge on any atom is 0.152 e. The van der Waals surface area contributed by atoms with Gasteiger partial charge in [0.15, 0.2) is 6.29 Å². The van der Waals surface area contributed by atoms with Crippen LogP contribution in [0.4, 0.5) is 17.1 Å². The van der Waals surface area contributed by atoms with Gasteiger partial charge in [-0.3, -0.25) is 4.79 Å². The Bertz CT molecular complexity index is 1400. The van der Waals surface area contributed by atoms with E-state index in [1.807, 2.05) is 43.3 Å². The third-order valence-electron chi connectivity index (χ3n) is 7.26. The molecule has 0 spiro atoms. The Kier molecular flexibility index (Phi) is 9.62. The predicted octanol–water partition coefficient (Wildman–Crippen LogP) is 6.81. The average molecular weight is 563 g/mol. The van der Waals surface area contributed by atoms with E-state index in [-0.39, 0.29) is 0 Å². The summed E-state index contributed by atoms with van der Waals surface area (Å²) >= 11 is 10.3. The topological polar surface area (TPSA) is 60.7 Å². The molecule has 8 heteroatoms. The zero-order chi connectivity index (χ0) is 27.9. The van der Waals surface area contributed by atoms with Crippen molar-refractivity contribution in [2.24, 2.45) is 0 Å². The summed E-state index contributed by atoms with van der Waals surface area (Å²) in [6.45, 7) is 8.65. The lowest BCUT2D eigenvalue weighted by atomic mass is 9.96. The van der Waals surface area contributed by atoms with Gasteiger partial charge in [0.05, 0.1) is 5.69 Å². The van der Waals surface area contributed by atoms with Crippen LogP contribution in [0.2, 0.25) is 5.02 Å². The van der Waals surface area contributed by atoms with Crippen molar-refractivity contribution in [2.75, 3.05) is 47.8 Å². The first kappa shape index (κ1) is 28.6. The first-order valence-electron chi connectivity index (χ1n) is 13.0. The van der Waals surface area contributed by atoms with E-state index in [4.69, 9.17) is 16.7 Å². The summed E-state index contributed by atoms with van der Waals surface area (Å²) in [5.74, 6) is 0. The maximum atomic E-state index is 12.3. The number of aliphatic hydroxyl groups is 1. The summed E-state index contributed by atoms with van der Waals surface area (Å²) in [5.41, 5.74) is 9.25. The van der Waals surface area contributed by atoms with E-state index < -0.39 is 0 Å². The van der Waals surface area contributed by atoms with E-state index in [0.717, 1.165) is 85.4 Å². The van der Waals surface area contributed by atoms with Crippen LogP contribution in [-0.4, -0.2) is 49.2 Å². The van der Waals surface area contributed by atoms with Gasteiger partial charge in [0, 0.05) is 78.7 Å². The number of nitrogens with zero attached hydrogens (tertiary/aromatic N) is 3. The standard InChI is InChI=1S/C30H31ClN4OS.CH4O/c1-3-35-21(2)28(20-36)29(30(35)22-7-9-24(31)10-8-22)23-5-4-6-27(19-23)34-17-15-33(16-18-34)26-13-11-25(32-37)12-14-26;1-2/h4-14,19-20,32,37H,3,15-18H2,1-2H3;2H,1H3.